The first-order chi connectivity index (χ1) is 13.2. The molecular formula is C20H17BrN2O2S2. The Morgan fingerprint density at radius 3 is 2.78 bits per heavy atom. The molecule has 0 spiro atoms. The quantitative estimate of drug-likeness (QED) is 0.371. The molecule has 0 unspecified atom stereocenters. The summed E-state index contributed by atoms with van der Waals surface area (Å²) in [5, 5.41) is 2.36. The Hall–Kier alpha value is -1.80. The van der Waals surface area contributed by atoms with Gasteiger partial charge in [-0.25, -0.2) is 0 Å². The summed E-state index contributed by atoms with van der Waals surface area (Å²) in [6.07, 6.45) is 0. The Morgan fingerprint density at radius 1 is 1.15 bits per heavy atom. The molecule has 0 aliphatic heterocycles. The molecule has 0 saturated carbocycles. The first-order valence-corrected chi connectivity index (χ1v) is 11.0. The zero-order chi connectivity index (χ0) is 18.8. The monoisotopic (exact) mass is 460 g/mol. The zero-order valence-electron chi connectivity index (χ0n) is 14.6. The van der Waals surface area contributed by atoms with Gasteiger partial charge in [-0.15, -0.1) is 11.3 Å². The van der Waals surface area contributed by atoms with Crippen LogP contribution in [0.4, 0.5) is 0 Å². The van der Waals surface area contributed by atoms with Crippen LogP contribution in [0.1, 0.15) is 16.6 Å². The van der Waals surface area contributed by atoms with Crippen molar-refractivity contribution in [1.29, 1.82) is 0 Å². The average Bonchev–Trinajstić information content (AvgIpc) is 3.26. The molecule has 0 aliphatic carbocycles. The molecule has 4 aromatic rings. The smallest absolute Gasteiger partial charge is 0.289 e. The van der Waals surface area contributed by atoms with Crippen LogP contribution in [0, 0.1) is 0 Å². The predicted octanol–water partition coefficient (Wildman–Crippen LogP) is 5.46. The number of amides is 1. The third-order valence-electron chi connectivity index (χ3n) is 4.22. The van der Waals surface area contributed by atoms with Gasteiger partial charge in [-0.3, -0.25) is 4.79 Å². The van der Waals surface area contributed by atoms with Crippen LogP contribution >= 0.6 is 38.6 Å². The highest BCUT2D eigenvalue weighted by Crippen LogP contribution is 2.28. The van der Waals surface area contributed by atoms with E-state index in [-0.39, 0.29) is 5.91 Å². The number of thiophene rings is 1. The van der Waals surface area contributed by atoms with Gasteiger partial charge in [-0.2, -0.15) is 4.99 Å². The Kier molecular flexibility index (Phi) is 5.54. The molecule has 4 rings (SSSR count). The minimum atomic E-state index is -0.216. The number of halogens is 1. The summed E-state index contributed by atoms with van der Waals surface area (Å²) in [7, 11) is 0. The molecule has 2 aromatic heterocycles. The first kappa shape index (κ1) is 18.6. The van der Waals surface area contributed by atoms with Crippen molar-refractivity contribution in [3.63, 3.8) is 0 Å². The van der Waals surface area contributed by atoms with Crippen LogP contribution in [0.5, 0.6) is 0 Å². The number of rotatable bonds is 5. The fourth-order valence-corrected chi connectivity index (χ4v) is 5.43. The Morgan fingerprint density at radius 2 is 2.00 bits per heavy atom. The molecule has 2 heterocycles. The molecular weight excluding hydrogens is 444 g/mol. The summed E-state index contributed by atoms with van der Waals surface area (Å²) in [4.78, 5) is 18.4. The van der Waals surface area contributed by atoms with Crippen LogP contribution in [0.3, 0.4) is 0 Å². The van der Waals surface area contributed by atoms with E-state index in [0.717, 1.165) is 14.0 Å². The van der Waals surface area contributed by atoms with Crippen molar-refractivity contribution in [3.05, 3.63) is 62.0 Å². The topological polar surface area (TPSA) is 43.6 Å². The van der Waals surface area contributed by atoms with Crippen LogP contribution in [0.2, 0.25) is 0 Å². The van der Waals surface area contributed by atoms with Crippen molar-refractivity contribution in [2.75, 3.05) is 13.2 Å². The third-order valence-corrected chi connectivity index (χ3v) is 6.96. The molecule has 2 aromatic carbocycles. The van der Waals surface area contributed by atoms with E-state index in [9.17, 15) is 4.79 Å². The number of thiazole rings is 1. The van der Waals surface area contributed by atoms with Crippen LogP contribution in [-0.2, 0) is 11.3 Å². The summed E-state index contributed by atoms with van der Waals surface area (Å²) in [5.41, 5.74) is 1.08. The first-order valence-electron chi connectivity index (χ1n) is 8.60. The zero-order valence-corrected chi connectivity index (χ0v) is 17.9. The Labute approximate surface area is 172 Å². The summed E-state index contributed by atoms with van der Waals surface area (Å²) in [6, 6.07) is 16.2. The SMILES string of the molecule is CCOCCn1c(=NC(=O)c2ccc(Br)s2)sc2c3ccccc3ccc21. The molecule has 0 atom stereocenters. The van der Waals surface area contributed by atoms with Crippen molar-refractivity contribution in [1.82, 2.24) is 4.57 Å². The predicted molar refractivity (Wildman–Crippen MR) is 116 cm³/mol. The highest BCUT2D eigenvalue weighted by atomic mass is 79.9. The second kappa shape index (κ2) is 8.06. The number of carbonyl (C=O) groups is 1. The van der Waals surface area contributed by atoms with Crippen molar-refractivity contribution in [2.45, 2.75) is 13.5 Å². The molecule has 4 nitrogen and oxygen atoms in total. The second-order valence-electron chi connectivity index (χ2n) is 5.89. The van der Waals surface area contributed by atoms with Gasteiger partial charge < -0.3 is 9.30 Å². The van der Waals surface area contributed by atoms with Gasteiger partial charge >= 0.3 is 0 Å². The molecule has 0 fully saturated rings. The van der Waals surface area contributed by atoms with E-state index in [4.69, 9.17) is 4.74 Å². The molecule has 1 amide bonds. The fourth-order valence-electron chi connectivity index (χ4n) is 2.97. The van der Waals surface area contributed by atoms with Crippen LogP contribution in [0.15, 0.2) is 57.3 Å². The summed E-state index contributed by atoms with van der Waals surface area (Å²) in [5.74, 6) is -0.216. The van der Waals surface area contributed by atoms with E-state index in [1.807, 2.05) is 25.1 Å². The van der Waals surface area contributed by atoms with E-state index in [1.165, 1.54) is 22.1 Å². The summed E-state index contributed by atoms with van der Waals surface area (Å²) >= 11 is 6.35. The van der Waals surface area contributed by atoms with Crippen LogP contribution in [0.25, 0.3) is 21.0 Å². The highest BCUT2D eigenvalue weighted by Gasteiger charge is 2.12. The normalized spacial score (nSPS) is 12.3. The molecule has 7 heteroatoms. The lowest BCUT2D eigenvalue weighted by Gasteiger charge is -2.06. The standard InChI is InChI=1S/C20H17BrN2O2S2/c1-2-25-12-11-23-15-8-7-13-5-3-4-6-14(13)18(15)27-20(23)22-19(24)16-9-10-17(21)26-16/h3-10H,2,11-12H2,1H3. The molecule has 0 N–H and O–H groups in total. The van der Waals surface area contributed by atoms with Crippen molar-refractivity contribution >= 4 is 65.5 Å². The third kappa shape index (κ3) is 3.78. The van der Waals surface area contributed by atoms with E-state index in [0.29, 0.717) is 29.4 Å². The van der Waals surface area contributed by atoms with E-state index >= 15 is 0 Å². The average molecular weight is 461 g/mol. The number of benzene rings is 2. The minimum Gasteiger partial charge on any atom is -0.380 e. The maximum atomic E-state index is 12.6. The van der Waals surface area contributed by atoms with Gasteiger partial charge in [0, 0.05) is 18.5 Å². The molecule has 0 radical (unpaired) electrons. The van der Waals surface area contributed by atoms with Gasteiger partial charge in [0.1, 0.15) is 0 Å². The Bertz CT molecular complexity index is 1190. The number of aromatic nitrogens is 1. The molecule has 0 aliphatic rings. The number of carbonyl (C=O) groups excluding carboxylic acids is 1. The van der Waals surface area contributed by atoms with Crippen LogP contribution in [-0.4, -0.2) is 23.7 Å². The number of fused-ring (bicyclic) bond motifs is 3. The van der Waals surface area contributed by atoms with Gasteiger partial charge in [0.2, 0.25) is 0 Å². The largest absolute Gasteiger partial charge is 0.380 e. The Balaban J connectivity index is 1.89. The van der Waals surface area contributed by atoms with Gasteiger partial charge in [0.15, 0.2) is 4.80 Å². The number of hydrogen-bond acceptors (Lipinski definition) is 4. The van der Waals surface area contributed by atoms with Gasteiger partial charge in [0.05, 0.1) is 25.5 Å². The van der Waals surface area contributed by atoms with Crippen LogP contribution < -0.4 is 4.80 Å². The van der Waals surface area contributed by atoms with Gasteiger partial charge in [-0.05, 0) is 46.4 Å². The maximum absolute atomic E-state index is 12.6. The molecule has 138 valence electrons. The van der Waals surface area contributed by atoms with E-state index in [2.05, 4.69) is 49.8 Å². The lowest BCUT2D eigenvalue weighted by Crippen LogP contribution is -2.19. The molecule has 27 heavy (non-hydrogen) atoms. The summed E-state index contributed by atoms with van der Waals surface area (Å²) in [6.45, 7) is 3.89. The maximum Gasteiger partial charge on any atom is 0.289 e. The summed E-state index contributed by atoms with van der Waals surface area (Å²) < 4.78 is 9.70. The van der Waals surface area contributed by atoms with Crippen molar-refractivity contribution in [3.8, 4) is 0 Å². The van der Waals surface area contributed by atoms with E-state index in [1.54, 1.807) is 17.4 Å². The second-order valence-corrected chi connectivity index (χ2v) is 9.33. The van der Waals surface area contributed by atoms with Crippen molar-refractivity contribution < 1.29 is 9.53 Å². The molecule has 0 bridgehead atoms. The highest BCUT2D eigenvalue weighted by molar-refractivity contribution is 9.11. The van der Waals surface area contributed by atoms with Gasteiger partial charge in [-0.1, -0.05) is 41.7 Å². The number of nitrogens with zero attached hydrogens (tertiary/aromatic N) is 2. The molecule has 0 saturated heterocycles. The number of ether oxygens (including phenoxy) is 1. The lowest BCUT2D eigenvalue weighted by atomic mass is 10.1. The minimum absolute atomic E-state index is 0.216. The fraction of sp³-hybridized carbons (Fsp3) is 0.200. The van der Waals surface area contributed by atoms with E-state index < -0.39 is 0 Å². The number of hydrogen-bond donors (Lipinski definition) is 0. The lowest BCUT2D eigenvalue weighted by molar-refractivity contribution is 0.100. The van der Waals surface area contributed by atoms with Gasteiger partial charge in [0.25, 0.3) is 5.91 Å². The van der Waals surface area contributed by atoms with Crippen molar-refractivity contribution in [2.24, 2.45) is 4.99 Å².